The van der Waals surface area contributed by atoms with Crippen molar-refractivity contribution in [1.29, 1.82) is 0 Å². The number of amides is 2. The summed E-state index contributed by atoms with van der Waals surface area (Å²) in [5.41, 5.74) is -0.715. The number of hydrogen-bond acceptors (Lipinski definition) is 7. The van der Waals surface area contributed by atoms with Crippen LogP contribution in [0.1, 0.15) is 50.5 Å². The molecule has 0 aliphatic carbocycles. The summed E-state index contributed by atoms with van der Waals surface area (Å²) >= 11 is 0. The molecule has 3 aromatic rings. The van der Waals surface area contributed by atoms with E-state index in [0.717, 1.165) is 17.1 Å². The molecule has 3 N–H and O–H groups in total. The molecule has 14 heteroatoms. The number of anilines is 1. The zero-order valence-electron chi connectivity index (χ0n) is 22.8. The van der Waals surface area contributed by atoms with Crippen LogP contribution in [0.2, 0.25) is 0 Å². The van der Waals surface area contributed by atoms with Gasteiger partial charge in [-0.05, 0) is 40.7 Å². The Bertz CT molecular complexity index is 1330. The molecule has 3 rings (SSSR count). The number of aromatic carboxylic acids is 1. The third-order valence-electron chi connectivity index (χ3n) is 5.92. The van der Waals surface area contributed by atoms with Gasteiger partial charge in [-0.1, -0.05) is 0 Å². The summed E-state index contributed by atoms with van der Waals surface area (Å²) in [6, 6.07) is 2.55. The van der Waals surface area contributed by atoms with Crippen molar-refractivity contribution in [2.45, 2.75) is 52.9 Å². The third-order valence-corrected chi connectivity index (χ3v) is 5.92. The van der Waals surface area contributed by atoms with Gasteiger partial charge >= 0.3 is 18.2 Å². The molecule has 0 radical (unpaired) electrons. The molecule has 0 atom stereocenters. The summed E-state index contributed by atoms with van der Waals surface area (Å²) in [6.45, 7) is 11.0. The smallest absolute Gasteiger partial charge is 0.419 e. The minimum Gasteiger partial charge on any atom is -0.478 e. The minimum absolute atomic E-state index is 0.0306. The lowest BCUT2D eigenvalue weighted by atomic mass is 10.0. The van der Waals surface area contributed by atoms with Crippen LogP contribution in [-0.2, 0) is 6.18 Å². The van der Waals surface area contributed by atoms with E-state index in [9.17, 15) is 27.9 Å². The van der Waals surface area contributed by atoms with Gasteiger partial charge in [-0.25, -0.2) is 24.2 Å². The average Bonchev–Trinajstić information content (AvgIpc) is 3.37. The number of urea groups is 1. The van der Waals surface area contributed by atoms with E-state index >= 15 is 0 Å². The number of halogens is 3. The number of aromatic nitrogens is 4. The molecule has 0 unspecified atom stereocenters. The van der Waals surface area contributed by atoms with Crippen molar-refractivity contribution >= 4 is 17.8 Å². The van der Waals surface area contributed by atoms with Crippen molar-refractivity contribution in [2.75, 3.05) is 25.0 Å². The van der Waals surface area contributed by atoms with Gasteiger partial charge in [0.05, 0.1) is 23.0 Å². The fraction of sp³-hybridized carbons (Fsp3) is 0.423. The zero-order chi connectivity index (χ0) is 29.6. The number of alkyl halides is 3. The Kier molecular flexibility index (Phi) is 9.69. The van der Waals surface area contributed by atoms with E-state index in [-0.39, 0.29) is 52.8 Å². The summed E-state index contributed by atoms with van der Waals surface area (Å²) in [5, 5.41) is 18.5. The number of hydrogen-bond donors (Lipinski definition) is 3. The van der Waals surface area contributed by atoms with Crippen molar-refractivity contribution in [3.8, 4) is 22.7 Å². The molecular formula is C26H32F3N7O4. The molecule has 0 aliphatic rings. The second-order valence-corrected chi connectivity index (χ2v) is 9.40. The largest absolute Gasteiger partial charge is 0.478 e. The predicted molar refractivity (Wildman–Crippen MR) is 142 cm³/mol. The van der Waals surface area contributed by atoms with Gasteiger partial charge in [0.2, 0.25) is 5.88 Å². The maximum atomic E-state index is 13.4. The number of carboxylic acids is 1. The highest BCUT2D eigenvalue weighted by Crippen LogP contribution is 2.36. The number of carbonyl (C=O) groups excluding carboxylic acids is 1. The van der Waals surface area contributed by atoms with Gasteiger partial charge in [-0.3, -0.25) is 10.2 Å². The first-order chi connectivity index (χ1) is 18.8. The minimum atomic E-state index is -4.65. The van der Waals surface area contributed by atoms with E-state index in [0.29, 0.717) is 19.3 Å². The second-order valence-electron chi connectivity index (χ2n) is 9.40. The molecule has 0 aliphatic heterocycles. The molecule has 11 nitrogen and oxygen atoms in total. The molecule has 3 aromatic heterocycles. The first kappa shape index (κ1) is 30.3. The molecule has 40 heavy (non-hydrogen) atoms. The summed E-state index contributed by atoms with van der Waals surface area (Å²) < 4.78 is 47.1. The van der Waals surface area contributed by atoms with Crippen molar-refractivity contribution in [1.82, 2.24) is 30.0 Å². The first-order valence-corrected chi connectivity index (χ1v) is 12.6. The number of ether oxygens (including phenoxy) is 1. The lowest BCUT2D eigenvalue weighted by Gasteiger charge is -2.30. The van der Waals surface area contributed by atoms with E-state index < -0.39 is 23.7 Å². The molecule has 0 spiro atoms. The van der Waals surface area contributed by atoms with Crippen LogP contribution in [0.25, 0.3) is 16.8 Å². The topological polar surface area (TPSA) is 134 Å². The average molecular weight is 564 g/mol. The van der Waals surface area contributed by atoms with Gasteiger partial charge in [0.25, 0.3) is 0 Å². The number of carbonyl (C=O) groups is 2. The van der Waals surface area contributed by atoms with Crippen LogP contribution in [0.5, 0.6) is 5.88 Å². The maximum absolute atomic E-state index is 13.4. The Labute approximate surface area is 229 Å². The normalized spacial score (nSPS) is 11.8. The van der Waals surface area contributed by atoms with Crippen LogP contribution in [0.4, 0.5) is 23.8 Å². The monoisotopic (exact) mass is 563 g/mol. The Balaban J connectivity index is 2.12. The van der Waals surface area contributed by atoms with Crippen LogP contribution in [0, 0.1) is 0 Å². The molecular weight excluding hydrogens is 531 g/mol. The fourth-order valence-electron chi connectivity index (χ4n) is 4.07. The highest BCUT2D eigenvalue weighted by molar-refractivity contribution is 5.91. The number of nitrogens with zero attached hydrogens (tertiary/aromatic N) is 5. The van der Waals surface area contributed by atoms with Crippen LogP contribution in [-0.4, -0.2) is 73.5 Å². The lowest BCUT2D eigenvalue weighted by Crippen LogP contribution is -2.39. The SMILES string of the molecule is CCNC(=O)Nc1cc(-n2cc(C(F)(F)F)cn2)c(-c2cc(C(=O)O)cnc2OCCN(C(C)C)C(C)C)cn1. The quantitative estimate of drug-likeness (QED) is 0.306. The number of nitrogens with one attached hydrogen (secondary N) is 2. The van der Waals surface area contributed by atoms with Crippen molar-refractivity contribution in [3.63, 3.8) is 0 Å². The number of carboxylic acid groups (broad SMARTS) is 1. The molecule has 0 aromatic carbocycles. The van der Waals surface area contributed by atoms with Gasteiger partial charge in [0, 0.05) is 61.0 Å². The van der Waals surface area contributed by atoms with E-state index in [1.807, 2.05) is 0 Å². The molecule has 0 saturated heterocycles. The van der Waals surface area contributed by atoms with Crippen LogP contribution in [0.3, 0.4) is 0 Å². The highest BCUT2D eigenvalue weighted by atomic mass is 19.4. The zero-order valence-corrected chi connectivity index (χ0v) is 22.8. The molecule has 216 valence electrons. The van der Waals surface area contributed by atoms with E-state index in [2.05, 4.69) is 58.3 Å². The van der Waals surface area contributed by atoms with Crippen molar-refractivity contribution in [2.24, 2.45) is 0 Å². The van der Waals surface area contributed by atoms with E-state index in [4.69, 9.17) is 4.74 Å². The number of pyridine rings is 2. The van der Waals surface area contributed by atoms with E-state index in [1.54, 1.807) is 6.92 Å². The Hall–Kier alpha value is -4.20. The van der Waals surface area contributed by atoms with E-state index in [1.165, 1.54) is 18.3 Å². The second kappa shape index (κ2) is 12.8. The standard InChI is InChI=1S/C26H32F3N7O4/c1-6-30-25(39)34-22-10-21(36-14-18(12-33-36)26(27,28)29)20(13-31-22)19-9-17(24(37)38)11-32-23(19)40-8-7-35(15(2)3)16(4)5/h9-16H,6-8H2,1-5H3,(H,37,38)(H2,30,31,34,39). The predicted octanol–water partition coefficient (Wildman–Crippen LogP) is 4.69. The van der Waals surface area contributed by atoms with Gasteiger partial charge in [0.15, 0.2) is 0 Å². The van der Waals surface area contributed by atoms with Crippen LogP contribution >= 0.6 is 0 Å². The molecule has 0 bridgehead atoms. The molecule has 0 fully saturated rings. The fourth-order valence-corrected chi connectivity index (χ4v) is 4.07. The van der Waals surface area contributed by atoms with Crippen LogP contribution < -0.4 is 15.4 Å². The molecule has 3 heterocycles. The lowest BCUT2D eigenvalue weighted by molar-refractivity contribution is -0.137. The first-order valence-electron chi connectivity index (χ1n) is 12.6. The van der Waals surface area contributed by atoms with Gasteiger partial charge in [-0.2, -0.15) is 18.3 Å². The summed E-state index contributed by atoms with van der Waals surface area (Å²) in [6.07, 6.45) is -0.775. The summed E-state index contributed by atoms with van der Waals surface area (Å²) in [7, 11) is 0. The van der Waals surface area contributed by atoms with Crippen LogP contribution in [0.15, 0.2) is 36.9 Å². The van der Waals surface area contributed by atoms with Gasteiger partial charge < -0.3 is 15.2 Å². The Morgan fingerprint density at radius 1 is 1.07 bits per heavy atom. The molecule has 0 saturated carbocycles. The maximum Gasteiger partial charge on any atom is 0.419 e. The highest BCUT2D eigenvalue weighted by Gasteiger charge is 2.32. The Morgan fingerprint density at radius 3 is 2.35 bits per heavy atom. The number of rotatable bonds is 11. The van der Waals surface area contributed by atoms with Crippen molar-refractivity contribution < 1.29 is 32.6 Å². The van der Waals surface area contributed by atoms with Gasteiger partial charge in [0.1, 0.15) is 12.4 Å². The summed E-state index contributed by atoms with van der Waals surface area (Å²) in [4.78, 5) is 34.4. The third kappa shape index (κ3) is 7.46. The van der Waals surface area contributed by atoms with Crippen molar-refractivity contribution in [3.05, 3.63) is 48.0 Å². The summed E-state index contributed by atoms with van der Waals surface area (Å²) in [5.74, 6) is -1.16. The Morgan fingerprint density at radius 2 is 1.77 bits per heavy atom. The van der Waals surface area contributed by atoms with Gasteiger partial charge in [-0.15, -0.1) is 0 Å². The molecule has 2 amide bonds.